The Bertz CT molecular complexity index is 879. The SMILES string of the molecule is COc1ccc(NC(C)c2nc(-c3cccs3)no2)cc1OCC(N)=O. The van der Waals surface area contributed by atoms with Crippen molar-refractivity contribution >= 4 is 22.9 Å². The van der Waals surface area contributed by atoms with E-state index >= 15 is 0 Å². The van der Waals surface area contributed by atoms with Crippen LogP contribution in [0.5, 0.6) is 11.5 Å². The van der Waals surface area contributed by atoms with Gasteiger partial charge in [0.25, 0.3) is 5.91 Å². The average molecular weight is 374 g/mol. The molecule has 3 aromatic rings. The fourth-order valence-electron chi connectivity index (χ4n) is 2.26. The molecule has 0 aliphatic carbocycles. The summed E-state index contributed by atoms with van der Waals surface area (Å²) in [5.74, 6) is 1.37. The molecule has 0 spiro atoms. The van der Waals surface area contributed by atoms with E-state index in [4.69, 9.17) is 19.7 Å². The maximum absolute atomic E-state index is 10.9. The van der Waals surface area contributed by atoms with E-state index in [1.807, 2.05) is 30.5 Å². The monoisotopic (exact) mass is 374 g/mol. The molecule has 0 aliphatic rings. The second-order valence-corrected chi connectivity index (χ2v) is 6.37. The topological polar surface area (TPSA) is 112 Å². The van der Waals surface area contributed by atoms with Gasteiger partial charge >= 0.3 is 0 Å². The number of thiophene rings is 1. The van der Waals surface area contributed by atoms with E-state index in [1.165, 1.54) is 7.11 Å². The van der Waals surface area contributed by atoms with Gasteiger partial charge in [-0.2, -0.15) is 4.98 Å². The van der Waals surface area contributed by atoms with Crippen molar-refractivity contribution in [1.29, 1.82) is 0 Å². The molecule has 136 valence electrons. The highest BCUT2D eigenvalue weighted by molar-refractivity contribution is 7.13. The van der Waals surface area contributed by atoms with Crippen LogP contribution in [-0.4, -0.2) is 29.8 Å². The third kappa shape index (κ3) is 4.12. The number of carbonyl (C=O) groups is 1. The number of benzene rings is 1. The van der Waals surface area contributed by atoms with E-state index < -0.39 is 5.91 Å². The van der Waals surface area contributed by atoms with Crippen LogP contribution in [0.4, 0.5) is 5.69 Å². The van der Waals surface area contributed by atoms with Crippen LogP contribution in [0, 0.1) is 0 Å². The predicted octanol–water partition coefficient (Wildman–Crippen LogP) is 2.84. The van der Waals surface area contributed by atoms with Gasteiger partial charge in [-0.25, -0.2) is 0 Å². The maximum atomic E-state index is 10.9. The average Bonchev–Trinajstić information content (AvgIpc) is 3.31. The number of anilines is 1. The van der Waals surface area contributed by atoms with Crippen LogP contribution in [0.15, 0.2) is 40.2 Å². The number of rotatable bonds is 8. The second-order valence-electron chi connectivity index (χ2n) is 5.42. The van der Waals surface area contributed by atoms with Gasteiger partial charge in [0.05, 0.1) is 12.0 Å². The fraction of sp³-hybridized carbons (Fsp3) is 0.235. The molecular formula is C17H18N4O4S. The Hall–Kier alpha value is -3.07. The number of amides is 1. The smallest absolute Gasteiger partial charge is 0.255 e. The molecule has 0 fully saturated rings. The van der Waals surface area contributed by atoms with E-state index in [0.29, 0.717) is 23.2 Å². The van der Waals surface area contributed by atoms with Gasteiger partial charge in [-0.05, 0) is 30.5 Å². The number of hydrogen-bond donors (Lipinski definition) is 2. The zero-order valence-corrected chi connectivity index (χ0v) is 15.1. The van der Waals surface area contributed by atoms with Gasteiger partial charge in [-0.1, -0.05) is 11.2 Å². The lowest BCUT2D eigenvalue weighted by Gasteiger charge is -2.14. The summed E-state index contributed by atoms with van der Waals surface area (Å²) in [6.07, 6.45) is 0. The number of ether oxygens (including phenoxy) is 2. The molecule has 1 amide bonds. The summed E-state index contributed by atoms with van der Waals surface area (Å²) in [7, 11) is 1.52. The number of nitrogens with zero attached hydrogens (tertiary/aromatic N) is 2. The van der Waals surface area contributed by atoms with Crippen molar-refractivity contribution in [1.82, 2.24) is 10.1 Å². The molecule has 0 saturated heterocycles. The summed E-state index contributed by atoms with van der Waals surface area (Å²) in [6.45, 7) is 1.67. The Balaban J connectivity index is 1.73. The Morgan fingerprint density at radius 2 is 2.23 bits per heavy atom. The standard InChI is InChI=1S/C17H18N4O4S/c1-10(17-20-16(21-25-17)14-4-3-7-26-14)19-11-5-6-12(23-2)13(8-11)24-9-15(18)22/h3-8,10,19H,9H2,1-2H3,(H2,18,22). The van der Waals surface area contributed by atoms with Gasteiger partial charge in [0.2, 0.25) is 11.7 Å². The van der Waals surface area contributed by atoms with Gasteiger partial charge < -0.3 is 25.0 Å². The highest BCUT2D eigenvalue weighted by Crippen LogP contribution is 2.32. The molecule has 2 aromatic heterocycles. The van der Waals surface area contributed by atoms with Crippen molar-refractivity contribution in [2.75, 3.05) is 19.0 Å². The lowest BCUT2D eigenvalue weighted by molar-refractivity contribution is -0.119. The highest BCUT2D eigenvalue weighted by Gasteiger charge is 2.16. The largest absolute Gasteiger partial charge is 0.493 e. The molecule has 1 atom stereocenters. The van der Waals surface area contributed by atoms with Gasteiger partial charge in [0.15, 0.2) is 18.1 Å². The molecule has 26 heavy (non-hydrogen) atoms. The quantitative estimate of drug-likeness (QED) is 0.623. The Morgan fingerprint density at radius 1 is 1.38 bits per heavy atom. The van der Waals surface area contributed by atoms with Crippen molar-refractivity contribution < 1.29 is 18.8 Å². The first-order chi connectivity index (χ1) is 12.6. The lowest BCUT2D eigenvalue weighted by Crippen LogP contribution is -2.20. The summed E-state index contributed by atoms with van der Waals surface area (Å²) in [5.41, 5.74) is 5.87. The maximum Gasteiger partial charge on any atom is 0.255 e. The van der Waals surface area contributed by atoms with Crippen LogP contribution in [0.2, 0.25) is 0 Å². The summed E-state index contributed by atoms with van der Waals surface area (Å²) < 4.78 is 15.9. The van der Waals surface area contributed by atoms with Crippen molar-refractivity contribution in [2.45, 2.75) is 13.0 Å². The van der Waals surface area contributed by atoms with Crippen molar-refractivity contribution in [2.24, 2.45) is 5.73 Å². The van der Waals surface area contributed by atoms with Crippen LogP contribution in [0.25, 0.3) is 10.7 Å². The molecule has 0 bridgehead atoms. The number of nitrogens with one attached hydrogen (secondary N) is 1. The molecule has 2 heterocycles. The van der Waals surface area contributed by atoms with E-state index in [1.54, 1.807) is 23.5 Å². The van der Waals surface area contributed by atoms with Crippen molar-refractivity contribution in [3.8, 4) is 22.2 Å². The number of nitrogens with two attached hydrogens (primary N) is 1. The number of aromatic nitrogens is 2. The van der Waals surface area contributed by atoms with Gasteiger partial charge in [-0.3, -0.25) is 4.79 Å². The summed E-state index contributed by atoms with van der Waals surface area (Å²) in [6, 6.07) is 8.91. The number of hydrogen-bond acceptors (Lipinski definition) is 8. The molecule has 0 saturated carbocycles. The van der Waals surface area contributed by atoms with Crippen molar-refractivity contribution in [3.05, 3.63) is 41.6 Å². The molecule has 9 heteroatoms. The van der Waals surface area contributed by atoms with Gasteiger partial charge in [-0.15, -0.1) is 11.3 Å². The van der Waals surface area contributed by atoms with Crippen LogP contribution < -0.4 is 20.5 Å². The highest BCUT2D eigenvalue weighted by atomic mass is 32.1. The third-order valence-electron chi connectivity index (χ3n) is 3.47. The summed E-state index contributed by atoms with van der Waals surface area (Å²) >= 11 is 1.55. The molecule has 0 aliphatic heterocycles. The Kier molecular flexibility index (Phi) is 5.37. The zero-order valence-electron chi connectivity index (χ0n) is 14.3. The van der Waals surface area contributed by atoms with E-state index in [-0.39, 0.29) is 12.6 Å². The Morgan fingerprint density at radius 3 is 2.92 bits per heavy atom. The van der Waals surface area contributed by atoms with Gasteiger partial charge in [0, 0.05) is 11.8 Å². The zero-order chi connectivity index (χ0) is 18.5. The number of methoxy groups -OCH3 is 1. The van der Waals surface area contributed by atoms with Crippen molar-refractivity contribution in [3.63, 3.8) is 0 Å². The molecule has 3 N–H and O–H groups in total. The first kappa shape index (κ1) is 17.7. The van der Waals surface area contributed by atoms with Gasteiger partial charge in [0.1, 0.15) is 6.04 Å². The minimum absolute atomic E-state index is 0.228. The van der Waals surface area contributed by atoms with Crippen LogP contribution >= 0.6 is 11.3 Å². The fourth-order valence-corrected chi connectivity index (χ4v) is 2.91. The second kappa shape index (κ2) is 7.87. The molecule has 3 rings (SSSR count). The van der Waals surface area contributed by atoms with Crippen LogP contribution in [0.3, 0.4) is 0 Å². The summed E-state index contributed by atoms with van der Waals surface area (Å²) in [5, 5.41) is 9.21. The molecule has 1 unspecified atom stereocenters. The van der Waals surface area contributed by atoms with Crippen LogP contribution in [-0.2, 0) is 4.79 Å². The predicted molar refractivity (Wildman–Crippen MR) is 97.3 cm³/mol. The minimum atomic E-state index is -0.564. The Labute approximate surface area is 153 Å². The first-order valence-electron chi connectivity index (χ1n) is 7.80. The molecule has 8 nitrogen and oxygen atoms in total. The van der Waals surface area contributed by atoms with E-state index in [2.05, 4.69) is 15.5 Å². The van der Waals surface area contributed by atoms with E-state index in [0.717, 1.165) is 10.6 Å². The first-order valence-corrected chi connectivity index (χ1v) is 8.68. The van der Waals surface area contributed by atoms with E-state index in [9.17, 15) is 4.79 Å². The normalized spacial score (nSPS) is 11.8. The lowest BCUT2D eigenvalue weighted by atomic mass is 10.2. The molecule has 0 radical (unpaired) electrons. The number of carbonyl (C=O) groups excluding carboxylic acids is 1. The molecule has 1 aromatic carbocycles. The minimum Gasteiger partial charge on any atom is -0.493 e. The summed E-state index contributed by atoms with van der Waals surface area (Å²) in [4.78, 5) is 16.3. The van der Waals surface area contributed by atoms with Crippen LogP contribution in [0.1, 0.15) is 18.9 Å². The third-order valence-corrected chi connectivity index (χ3v) is 4.34. The number of primary amides is 1. The molecular weight excluding hydrogens is 356 g/mol.